The molecule has 0 spiro atoms. The number of benzene rings is 2. The standard InChI is InChI=1S/C15H12BrClN2O4S/c1-8-2-3-9(4-10(8)16)19-24(21,22)14-6-13-12(5-11(14)17)18-15(20)7-23-13/h2-6H,7H2,1H3,(H2-,18,19,20,21,22). The monoisotopic (exact) mass is 430 g/mol. The number of ether oxygens (including phenoxy) is 1. The van der Waals surface area contributed by atoms with Crippen LogP contribution in [0.25, 0.3) is 0 Å². The Hall–Kier alpha value is -1.61. The van der Waals surface area contributed by atoms with Crippen LogP contribution in [0.15, 0.2) is 39.7 Å². The fourth-order valence-corrected chi connectivity index (χ4v) is 4.13. The molecule has 3 rings (SSSR count). The summed E-state index contributed by atoms with van der Waals surface area (Å²) in [4.78, 5) is 11.2. The van der Waals surface area contributed by atoms with Crippen molar-refractivity contribution in [1.29, 1.82) is 0 Å². The molecule has 24 heavy (non-hydrogen) atoms. The van der Waals surface area contributed by atoms with Gasteiger partial charge in [0.05, 0.1) is 11.4 Å². The molecule has 0 aromatic heterocycles. The second-order valence-electron chi connectivity index (χ2n) is 5.19. The Labute approximate surface area is 153 Å². The summed E-state index contributed by atoms with van der Waals surface area (Å²) in [6.45, 7) is 1.72. The molecule has 1 aliphatic rings. The molecular formula is C15H12BrClN2O4S. The first-order valence-corrected chi connectivity index (χ1v) is 9.47. The normalized spacial score (nSPS) is 15.8. The van der Waals surface area contributed by atoms with Gasteiger partial charge in [-0.2, -0.15) is 0 Å². The van der Waals surface area contributed by atoms with Gasteiger partial charge in [0.2, 0.25) is 4.90 Å². The molecule has 1 aliphatic heterocycles. The number of anilines is 2. The minimum absolute atomic E-state index is 0.0155. The van der Waals surface area contributed by atoms with Crippen molar-refractivity contribution in [3.05, 3.63) is 45.4 Å². The summed E-state index contributed by atoms with van der Waals surface area (Å²) < 4.78 is 33.7. The topological polar surface area (TPSA) is 90.5 Å². The van der Waals surface area contributed by atoms with Crippen LogP contribution in [0, 0.1) is 6.92 Å². The van der Waals surface area contributed by atoms with Crippen molar-refractivity contribution < 1.29 is 18.3 Å². The van der Waals surface area contributed by atoms with Crippen molar-refractivity contribution in [2.45, 2.75) is 11.8 Å². The van der Waals surface area contributed by atoms with Gasteiger partial charge < -0.3 is 14.6 Å². The molecule has 1 heterocycles. The Balaban J connectivity index is 1.96. The van der Waals surface area contributed by atoms with Gasteiger partial charge in [-0.05, 0) is 30.7 Å². The Morgan fingerprint density at radius 1 is 1.38 bits per heavy atom. The quantitative estimate of drug-likeness (QED) is 0.724. The average Bonchev–Trinajstić information content (AvgIpc) is 2.49. The maximum absolute atomic E-state index is 12.6. The zero-order chi connectivity index (χ0) is 17.5. The van der Waals surface area contributed by atoms with Crippen molar-refractivity contribution in [2.24, 2.45) is 0 Å². The van der Waals surface area contributed by atoms with E-state index in [9.17, 15) is 13.6 Å². The van der Waals surface area contributed by atoms with E-state index in [1.807, 2.05) is 6.92 Å². The maximum atomic E-state index is 12.6. The minimum atomic E-state index is -3.92. The molecule has 2 N–H and O–H groups in total. The highest BCUT2D eigenvalue weighted by Crippen LogP contribution is 2.37. The number of halogens is 2. The molecule has 0 fully saturated rings. The first-order valence-electron chi connectivity index (χ1n) is 6.81. The van der Waals surface area contributed by atoms with E-state index in [4.69, 9.17) is 16.3 Å². The van der Waals surface area contributed by atoms with E-state index in [0.717, 1.165) is 10.0 Å². The number of rotatable bonds is 3. The second kappa shape index (κ2) is 6.36. The van der Waals surface area contributed by atoms with E-state index >= 15 is 0 Å². The molecule has 9 heteroatoms. The van der Waals surface area contributed by atoms with Crippen LogP contribution >= 0.6 is 27.5 Å². The highest BCUT2D eigenvalue weighted by Gasteiger charge is 2.28. The molecule has 0 saturated carbocycles. The lowest BCUT2D eigenvalue weighted by molar-refractivity contribution is -0.118. The van der Waals surface area contributed by atoms with Gasteiger partial charge in [0.1, 0.15) is 10.8 Å². The highest BCUT2D eigenvalue weighted by atomic mass is 79.9. The van der Waals surface area contributed by atoms with Gasteiger partial charge in [0, 0.05) is 10.5 Å². The van der Waals surface area contributed by atoms with Crippen LogP contribution in [0.3, 0.4) is 0 Å². The number of fused-ring (bicyclic) bond motifs is 1. The predicted molar refractivity (Wildman–Crippen MR) is 95.2 cm³/mol. The van der Waals surface area contributed by atoms with Crippen LogP contribution in [-0.4, -0.2) is 17.1 Å². The molecule has 0 saturated heterocycles. The zero-order valence-corrected chi connectivity index (χ0v) is 15.5. The summed E-state index contributed by atoms with van der Waals surface area (Å²) in [5.41, 5.74) is 1.72. The van der Waals surface area contributed by atoms with Gasteiger partial charge >= 0.3 is 0 Å². The van der Waals surface area contributed by atoms with Crippen LogP contribution in [0.1, 0.15) is 5.56 Å². The lowest BCUT2D eigenvalue weighted by atomic mass is 10.2. The minimum Gasteiger partial charge on any atom is -0.588 e. The summed E-state index contributed by atoms with van der Waals surface area (Å²) in [6, 6.07) is 7.75. The molecule has 0 radical (unpaired) electrons. The van der Waals surface area contributed by atoms with E-state index in [1.165, 1.54) is 12.1 Å². The van der Waals surface area contributed by atoms with Crippen molar-refractivity contribution in [2.75, 3.05) is 16.6 Å². The molecule has 1 atom stereocenters. The number of hydrogen-bond acceptors (Lipinski definition) is 4. The highest BCUT2D eigenvalue weighted by molar-refractivity contribution is 9.10. The zero-order valence-electron chi connectivity index (χ0n) is 12.4. The average molecular weight is 432 g/mol. The summed E-state index contributed by atoms with van der Waals surface area (Å²) in [5, 5.41) is 2.56. The Morgan fingerprint density at radius 3 is 2.83 bits per heavy atom. The molecular weight excluding hydrogens is 420 g/mol. The summed E-state index contributed by atoms with van der Waals surface area (Å²) in [6.07, 6.45) is 0. The number of carbonyl (C=O) groups is 1. The smallest absolute Gasteiger partial charge is 0.262 e. The third-order valence-electron chi connectivity index (χ3n) is 3.38. The van der Waals surface area contributed by atoms with Crippen molar-refractivity contribution in [3.8, 4) is 5.75 Å². The fraction of sp³-hybridized carbons (Fsp3) is 0.133. The van der Waals surface area contributed by atoms with Crippen LogP contribution in [0.2, 0.25) is 5.02 Å². The van der Waals surface area contributed by atoms with Gasteiger partial charge in [0.25, 0.3) is 5.91 Å². The van der Waals surface area contributed by atoms with Crippen LogP contribution in [0.5, 0.6) is 5.75 Å². The number of aryl methyl sites for hydroxylation is 1. The SMILES string of the molecule is Cc1ccc(N[S+](=O)([O-])c2cc3c(cc2Cl)NC(=O)CO3)cc1Br. The van der Waals surface area contributed by atoms with Crippen molar-refractivity contribution in [1.82, 2.24) is 0 Å². The second-order valence-corrected chi connectivity index (χ2v) is 8.10. The number of hydrogen-bond donors (Lipinski definition) is 2. The van der Waals surface area contributed by atoms with Crippen LogP contribution in [0.4, 0.5) is 11.4 Å². The van der Waals surface area contributed by atoms with Crippen molar-refractivity contribution >= 4 is 55.2 Å². The molecule has 0 bridgehead atoms. The van der Waals surface area contributed by atoms with Gasteiger partial charge in [-0.15, -0.1) is 0 Å². The Bertz CT molecular complexity index is 890. The van der Waals surface area contributed by atoms with Gasteiger partial charge in [0.15, 0.2) is 17.0 Å². The number of sulfonamides is 1. The third kappa shape index (κ3) is 3.41. The number of nitrogens with one attached hydrogen (secondary N) is 2. The van der Waals surface area contributed by atoms with Crippen LogP contribution < -0.4 is 14.8 Å². The van der Waals surface area contributed by atoms with E-state index < -0.39 is 10.4 Å². The first kappa shape index (κ1) is 17.2. The molecule has 6 nitrogen and oxygen atoms in total. The number of amides is 1. The fourth-order valence-electron chi connectivity index (χ4n) is 2.15. The molecule has 126 valence electrons. The van der Waals surface area contributed by atoms with E-state index in [1.54, 1.807) is 18.2 Å². The lowest BCUT2D eigenvalue weighted by Crippen LogP contribution is -2.26. The van der Waals surface area contributed by atoms with E-state index in [0.29, 0.717) is 11.4 Å². The van der Waals surface area contributed by atoms with Crippen LogP contribution in [-0.2, 0) is 19.4 Å². The number of carbonyl (C=O) groups excluding carboxylic acids is 1. The summed E-state index contributed by atoms with van der Waals surface area (Å²) in [5.74, 6) is -0.0683. The Kier molecular flexibility index (Phi) is 4.56. The summed E-state index contributed by atoms with van der Waals surface area (Å²) >= 11 is 9.44. The molecule has 0 aliphatic carbocycles. The van der Waals surface area contributed by atoms with Gasteiger partial charge in [-0.1, -0.05) is 37.8 Å². The maximum Gasteiger partial charge on any atom is 0.262 e. The van der Waals surface area contributed by atoms with Crippen molar-refractivity contribution in [3.63, 3.8) is 0 Å². The first-order chi connectivity index (χ1) is 11.3. The van der Waals surface area contributed by atoms with E-state index in [-0.39, 0.29) is 28.2 Å². The lowest BCUT2D eigenvalue weighted by Gasteiger charge is -2.22. The summed E-state index contributed by atoms with van der Waals surface area (Å²) in [7, 11) is -3.92. The molecule has 1 amide bonds. The predicted octanol–water partition coefficient (Wildman–Crippen LogP) is 3.76. The Morgan fingerprint density at radius 2 is 2.12 bits per heavy atom. The van der Waals surface area contributed by atoms with Gasteiger partial charge in [-0.25, -0.2) is 4.72 Å². The van der Waals surface area contributed by atoms with E-state index in [2.05, 4.69) is 26.0 Å². The molecule has 2 aromatic carbocycles. The molecule has 1 unspecified atom stereocenters. The van der Waals surface area contributed by atoms with Gasteiger partial charge in [-0.3, -0.25) is 4.79 Å². The molecule has 2 aromatic rings. The largest absolute Gasteiger partial charge is 0.588 e. The third-order valence-corrected chi connectivity index (χ3v) is 6.08.